The fourth-order valence-electron chi connectivity index (χ4n) is 3.54. The van der Waals surface area contributed by atoms with Crippen molar-refractivity contribution in [2.75, 3.05) is 26.8 Å². The molecule has 3 rings (SSSR count). The molecule has 5 nitrogen and oxygen atoms in total. The number of amides is 1. The fourth-order valence-corrected chi connectivity index (χ4v) is 3.54. The number of piperidine rings is 1. The molecule has 1 heterocycles. The topological polar surface area (TPSA) is 55.8 Å². The van der Waals surface area contributed by atoms with Crippen molar-refractivity contribution in [1.82, 2.24) is 4.90 Å². The summed E-state index contributed by atoms with van der Waals surface area (Å²) in [6.07, 6.45) is 2.16. The molecule has 0 unspecified atom stereocenters. The Kier molecular flexibility index (Phi) is 5.99. The second-order valence-electron chi connectivity index (χ2n) is 7.39. The molecule has 1 saturated heterocycles. The molecule has 1 aliphatic heterocycles. The lowest BCUT2D eigenvalue weighted by atomic mass is 9.98. The Morgan fingerprint density at radius 1 is 1.19 bits per heavy atom. The molecule has 5 heteroatoms. The molecule has 0 aliphatic carbocycles. The number of likely N-dealkylation sites (tertiary alicyclic amines) is 1. The molecule has 2 atom stereocenters. The van der Waals surface area contributed by atoms with Crippen LogP contribution in [0.25, 0.3) is 10.8 Å². The van der Waals surface area contributed by atoms with Gasteiger partial charge in [-0.2, -0.15) is 0 Å². The van der Waals surface area contributed by atoms with E-state index in [9.17, 15) is 9.59 Å². The van der Waals surface area contributed by atoms with Gasteiger partial charge in [0, 0.05) is 13.1 Å². The molecule has 1 fully saturated rings. The SMILES string of the molecule is COc1ccc2cc([C@H](C)C(=O)OCC(=O)N3CCC[C@H](C)C3)ccc2c1. The normalized spacial score (nSPS) is 18.2. The van der Waals surface area contributed by atoms with Gasteiger partial charge in [0.2, 0.25) is 0 Å². The van der Waals surface area contributed by atoms with Gasteiger partial charge in [0.1, 0.15) is 5.75 Å². The summed E-state index contributed by atoms with van der Waals surface area (Å²) in [6.45, 7) is 5.27. The number of rotatable bonds is 5. The maximum atomic E-state index is 12.4. The predicted octanol–water partition coefficient (Wildman–Crippen LogP) is 3.75. The molecule has 27 heavy (non-hydrogen) atoms. The van der Waals surface area contributed by atoms with E-state index in [0.29, 0.717) is 5.92 Å². The second-order valence-corrected chi connectivity index (χ2v) is 7.39. The van der Waals surface area contributed by atoms with E-state index in [0.717, 1.165) is 48.0 Å². The molecule has 1 aliphatic rings. The highest BCUT2D eigenvalue weighted by Gasteiger charge is 2.23. The first-order valence-corrected chi connectivity index (χ1v) is 9.50. The molecule has 0 bridgehead atoms. The van der Waals surface area contributed by atoms with Crippen LogP contribution in [0.5, 0.6) is 5.75 Å². The van der Waals surface area contributed by atoms with Gasteiger partial charge in [-0.05, 0) is 54.2 Å². The molecular formula is C22H27NO4. The summed E-state index contributed by atoms with van der Waals surface area (Å²) in [4.78, 5) is 26.5. The Balaban J connectivity index is 1.61. The standard InChI is InChI=1S/C22H27NO4/c1-15-5-4-10-23(13-15)21(24)14-27-22(25)16(2)17-6-7-19-12-20(26-3)9-8-18(19)11-17/h6-9,11-12,15-16H,4-5,10,13-14H2,1-3H3/t15-,16-/m0/s1. The maximum Gasteiger partial charge on any atom is 0.313 e. The zero-order valence-electron chi connectivity index (χ0n) is 16.2. The summed E-state index contributed by atoms with van der Waals surface area (Å²) in [5.74, 6) is 0.403. The Hall–Kier alpha value is -2.56. The third kappa shape index (κ3) is 4.59. The summed E-state index contributed by atoms with van der Waals surface area (Å²) in [7, 11) is 1.64. The average Bonchev–Trinajstić information content (AvgIpc) is 2.70. The van der Waals surface area contributed by atoms with Crippen molar-refractivity contribution in [2.45, 2.75) is 32.6 Å². The summed E-state index contributed by atoms with van der Waals surface area (Å²) in [6, 6.07) is 11.7. The number of carbonyl (C=O) groups is 2. The van der Waals surface area contributed by atoms with Crippen LogP contribution in [-0.4, -0.2) is 43.6 Å². The third-order valence-corrected chi connectivity index (χ3v) is 5.27. The van der Waals surface area contributed by atoms with E-state index >= 15 is 0 Å². The van der Waals surface area contributed by atoms with Crippen molar-refractivity contribution < 1.29 is 19.1 Å². The van der Waals surface area contributed by atoms with Gasteiger partial charge in [0.25, 0.3) is 5.91 Å². The van der Waals surface area contributed by atoms with E-state index in [2.05, 4.69) is 6.92 Å². The van der Waals surface area contributed by atoms with Crippen molar-refractivity contribution in [3.63, 3.8) is 0 Å². The van der Waals surface area contributed by atoms with E-state index in [-0.39, 0.29) is 18.5 Å². The van der Waals surface area contributed by atoms with Gasteiger partial charge in [0.05, 0.1) is 13.0 Å². The van der Waals surface area contributed by atoms with E-state index in [4.69, 9.17) is 9.47 Å². The fraction of sp³-hybridized carbons (Fsp3) is 0.455. The number of methoxy groups -OCH3 is 1. The van der Waals surface area contributed by atoms with Crippen LogP contribution in [0.2, 0.25) is 0 Å². The van der Waals surface area contributed by atoms with Crippen molar-refractivity contribution in [3.05, 3.63) is 42.0 Å². The lowest BCUT2D eigenvalue weighted by Gasteiger charge is -2.30. The molecule has 1 amide bonds. The van der Waals surface area contributed by atoms with Crippen molar-refractivity contribution in [2.24, 2.45) is 5.92 Å². The Morgan fingerprint density at radius 3 is 2.67 bits per heavy atom. The molecular weight excluding hydrogens is 342 g/mol. The van der Waals surface area contributed by atoms with Crippen LogP contribution in [0.15, 0.2) is 36.4 Å². The summed E-state index contributed by atoms with van der Waals surface area (Å²) >= 11 is 0. The third-order valence-electron chi connectivity index (χ3n) is 5.27. The number of esters is 1. The zero-order chi connectivity index (χ0) is 19.4. The van der Waals surface area contributed by atoms with E-state index in [1.807, 2.05) is 36.4 Å². The minimum Gasteiger partial charge on any atom is -0.497 e. The molecule has 0 radical (unpaired) electrons. The number of benzene rings is 2. The number of hydrogen-bond acceptors (Lipinski definition) is 4. The highest BCUT2D eigenvalue weighted by atomic mass is 16.5. The lowest BCUT2D eigenvalue weighted by Crippen LogP contribution is -2.41. The smallest absolute Gasteiger partial charge is 0.313 e. The first kappa shape index (κ1) is 19.2. The second kappa shape index (κ2) is 8.42. The molecule has 2 aromatic rings. The first-order valence-electron chi connectivity index (χ1n) is 9.50. The first-order chi connectivity index (χ1) is 13.0. The van der Waals surface area contributed by atoms with Crippen molar-refractivity contribution >= 4 is 22.6 Å². The van der Waals surface area contributed by atoms with Crippen molar-refractivity contribution in [3.8, 4) is 5.75 Å². The molecule has 0 aromatic heterocycles. The molecule has 0 spiro atoms. The number of nitrogens with zero attached hydrogens (tertiary/aromatic N) is 1. The monoisotopic (exact) mass is 369 g/mol. The van der Waals surface area contributed by atoms with Crippen LogP contribution in [0.3, 0.4) is 0 Å². The van der Waals surface area contributed by atoms with E-state index < -0.39 is 5.92 Å². The summed E-state index contributed by atoms with van der Waals surface area (Å²) < 4.78 is 10.5. The average molecular weight is 369 g/mol. The largest absolute Gasteiger partial charge is 0.497 e. The Morgan fingerprint density at radius 2 is 1.93 bits per heavy atom. The number of fused-ring (bicyclic) bond motifs is 1. The summed E-state index contributed by atoms with van der Waals surface area (Å²) in [5, 5.41) is 2.08. The molecule has 0 saturated carbocycles. The number of hydrogen-bond donors (Lipinski definition) is 0. The minimum absolute atomic E-state index is 0.104. The van der Waals surface area contributed by atoms with Gasteiger partial charge in [-0.15, -0.1) is 0 Å². The summed E-state index contributed by atoms with van der Waals surface area (Å²) in [5.41, 5.74) is 0.872. The lowest BCUT2D eigenvalue weighted by molar-refractivity contribution is -0.153. The van der Waals surface area contributed by atoms with Crippen LogP contribution in [0.4, 0.5) is 0 Å². The molecule has 144 valence electrons. The van der Waals surface area contributed by atoms with E-state index in [1.165, 1.54) is 0 Å². The highest BCUT2D eigenvalue weighted by Crippen LogP contribution is 2.26. The Labute approximate surface area is 160 Å². The van der Waals surface area contributed by atoms with Gasteiger partial charge in [-0.1, -0.05) is 31.2 Å². The minimum atomic E-state index is -0.426. The van der Waals surface area contributed by atoms with Crippen LogP contribution in [0, 0.1) is 5.92 Å². The molecule has 0 N–H and O–H groups in total. The van der Waals surface area contributed by atoms with Crippen molar-refractivity contribution in [1.29, 1.82) is 0 Å². The van der Waals surface area contributed by atoms with Gasteiger partial charge in [0.15, 0.2) is 6.61 Å². The molecule has 2 aromatic carbocycles. The maximum absolute atomic E-state index is 12.4. The number of carbonyl (C=O) groups excluding carboxylic acids is 2. The van der Waals surface area contributed by atoms with Gasteiger partial charge in [-0.25, -0.2) is 0 Å². The predicted molar refractivity (Wildman–Crippen MR) is 105 cm³/mol. The Bertz CT molecular complexity index is 832. The quantitative estimate of drug-likeness (QED) is 0.753. The van der Waals surface area contributed by atoms with Crippen LogP contribution < -0.4 is 4.74 Å². The number of ether oxygens (including phenoxy) is 2. The van der Waals surface area contributed by atoms with Gasteiger partial charge >= 0.3 is 5.97 Å². The zero-order valence-corrected chi connectivity index (χ0v) is 16.2. The van der Waals surface area contributed by atoms with Crippen LogP contribution >= 0.6 is 0 Å². The highest BCUT2D eigenvalue weighted by molar-refractivity contribution is 5.87. The van der Waals surface area contributed by atoms with Gasteiger partial charge < -0.3 is 14.4 Å². The van der Waals surface area contributed by atoms with Gasteiger partial charge in [-0.3, -0.25) is 9.59 Å². The van der Waals surface area contributed by atoms with E-state index in [1.54, 1.807) is 18.9 Å². The van der Waals surface area contributed by atoms with Crippen LogP contribution in [-0.2, 0) is 14.3 Å². The van der Waals surface area contributed by atoms with Crippen LogP contribution in [0.1, 0.15) is 38.2 Å².